The first-order valence-electron chi connectivity index (χ1n) is 6.50. The minimum absolute atomic E-state index is 0.0486. The number of nitrogens with zero attached hydrogens (tertiary/aromatic N) is 1. The lowest BCUT2D eigenvalue weighted by molar-refractivity contribution is 0.0642. The molecule has 112 valence electrons. The van der Waals surface area contributed by atoms with E-state index in [-0.39, 0.29) is 17.3 Å². The Hall–Kier alpha value is -2.40. The molecule has 0 spiro atoms. The van der Waals surface area contributed by atoms with Crippen LogP contribution in [0.2, 0.25) is 5.02 Å². The summed E-state index contributed by atoms with van der Waals surface area (Å²) in [6.07, 6.45) is 0. The molecule has 2 amide bonds. The maximum absolute atomic E-state index is 13.8. The largest absolute Gasteiger partial charge is 0.492 e. The smallest absolute Gasteiger partial charge is 0.261 e. The highest BCUT2D eigenvalue weighted by atomic mass is 35.5. The van der Waals surface area contributed by atoms with Gasteiger partial charge < -0.3 is 4.74 Å². The van der Waals surface area contributed by atoms with Gasteiger partial charge in [-0.3, -0.25) is 14.5 Å². The van der Waals surface area contributed by atoms with Gasteiger partial charge in [-0.25, -0.2) is 4.39 Å². The lowest BCUT2D eigenvalue weighted by Crippen LogP contribution is -2.29. The molecule has 0 N–H and O–H groups in total. The van der Waals surface area contributed by atoms with Crippen LogP contribution in [-0.4, -0.2) is 23.8 Å². The molecule has 2 aromatic rings. The van der Waals surface area contributed by atoms with E-state index in [1.165, 1.54) is 19.2 Å². The standard InChI is InChI=1S/C16H11ClFNO3/c1-22-14-12(17)6-9(7-13(14)18)8-19-15(20)10-4-2-3-5-11(10)16(19)21/h2-7H,8H2,1H3. The number of fused-ring (bicyclic) bond motifs is 1. The summed E-state index contributed by atoms with van der Waals surface area (Å²) in [5.41, 5.74) is 1.12. The number of benzene rings is 2. The Morgan fingerprint density at radius 3 is 2.23 bits per heavy atom. The summed E-state index contributed by atoms with van der Waals surface area (Å²) in [4.78, 5) is 25.6. The maximum Gasteiger partial charge on any atom is 0.261 e. The van der Waals surface area contributed by atoms with Gasteiger partial charge in [0.1, 0.15) is 0 Å². The zero-order valence-corrected chi connectivity index (χ0v) is 12.4. The van der Waals surface area contributed by atoms with Crippen molar-refractivity contribution in [1.29, 1.82) is 0 Å². The van der Waals surface area contributed by atoms with E-state index in [1.54, 1.807) is 24.3 Å². The van der Waals surface area contributed by atoms with E-state index in [1.807, 2.05) is 0 Å². The third-order valence-electron chi connectivity index (χ3n) is 3.48. The summed E-state index contributed by atoms with van der Waals surface area (Å²) in [5.74, 6) is -1.49. The van der Waals surface area contributed by atoms with E-state index in [4.69, 9.17) is 16.3 Å². The summed E-state index contributed by atoms with van der Waals surface area (Å²) in [5, 5.41) is 0.0918. The van der Waals surface area contributed by atoms with E-state index in [0.717, 1.165) is 4.90 Å². The molecule has 0 aliphatic carbocycles. The van der Waals surface area contributed by atoms with E-state index < -0.39 is 17.6 Å². The summed E-state index contributed by atoms with van der Waals surface area (Å²) in [7, 11) is 1.31. The molecule has 0 radical (unpaired) electrons. The quantitative estimate of drug-likeness (QED) is 0.816. The Labute approximate surface area is 131 Å². The van der Waals surface area contributed by atoms with Gasteiger partial charge in [0.05, 0.1) is 29.8 Å². The molecule has 0 atom stereocenters. The number of rotatable bonds is 3. The van der Waals surface area contributed by atoms with Gasteiger partial charge in [0.2, 0.25) is 0 Å². The Bertz CT molecular complexity index is 733. The summed E-state index contributed by atoms with van der Waals surface area (Å²) in [6, 6.07) is 9.25. The van der Waals surface area contributed by atoms with E-state index in [9.17, 15) is 14.0 Å². The van der Waals surface area contributed by atoms with Crippen molar-refractivity contribution < 1.29 is 18.7 Å². The average Bonchev–Trinajstić information content (AvgIpc) is 2.73. The highest BCUT2D eigenvalue weighted by Gasteiger charge is 2.35. The number of hydrogen-bond acceptors (Lipinski definition) is 3. The van der Waals surface area contributed by atoms with Crippen LogP contribution in [0.5, 0.6) is 5.75 Å². The Balaban J connectivity index is 1.92. The molecule has 4 nitrogen and oxygen atoms in total. The molecule has 3 rings (SSSR count). The van der Waals surface area contributed by atoms with Crippen LogP contribution in [0.15, 0.2) is 36.4 Å². The molecule has 0 aromatic heterocycles. The van der Waals surface area contributed by atoms with Gasteiger partial charge in [0.25, 0.3) is 11.8 Å². The number of halogens is 2. The molecule has 1 aliphatic heterocycles. The molecule has 0 unspecified atom stereocenters. The second-order valence-electron chi connectivity index (χ2n) is 4.83. The fourth-order valence-electron chi connectivity index (χ4n) is 2.46. The molecule has 6 heteroatoms. The van der Waals surface area contributed by atoms with Crippen LogP contribution >= 0.6 is 11.6 Å². The minimum Gasteiger partial charge on any atom is -0.492 e. The van der Waals surface area contributed by atoms with Gasteiger partial charge in [-0.05, 0) is 29.8 Å². The topological polar surface area (TPSA) is 46.6 Å². The van der Waals surface area contributed by atoms with Crippen molar-refractivity contribution in [2.75, 3.05) is 7.11 Å². The lowest BCUT2D eigenvalue weighted by Gasteiger charge is -2.15. The Morgan fingerprint density at radius 2 is 1.73 bits per heavy atom. The van der Waals surface area contributed by atoms with Crippen LogP contribution in [0.1, 0.15) is 26.3 Å². The van der Waals surface area contributed by atoms with Crippen molar-refractivity contribution in [2.45, 2.75) is 6.54 Å². The van der Waals surface area contributed by atoms with Crippen LogP contribution in [0.3, 0.4) is 0 Å². The van der Waals surface area contributed by atoms with Crippen LogP contribution in [-0.2, 0) is 6.54 Å². The number of amides is 2. The highest BCUT2D eigenvalue weighted by molar-refractivity contribution is 6.32. The van der Waals surface area contributed by atoms with Crippen LogP contribution in [0, 0.1) is 5.82 Å². The predicted molar refractivity (Wildman–Crippen MR) is 78.6 cm³/mol. The van der Waals surface area contributed by atoms with Crippen molar-refractivity contribution in [3.63, 3.8) is 0 Å². The highest BCUT2D eigenvalue weighted by Crippen LogP contribution is 2.31. The van der Waals surface area contributed by atoms with Gasteiger partial charge in [0, 0.05) is 0 Å². The normalized spacial score (nSPS) is 13.5. The molecule has 1 heterocycles. The monoisotopic (exact) mass is 319 g/mol. The van der Waals surface area contributed by atoms with Gasteiger partial charge in [0.15, 0.2) is 11.6 Å². The third kappa shape index (κ3) is 2.23. The lowest BCUT2D eigenvalue weighted by atomic mass is 10.1. The summed E-state index contributed by atoms with van der Waals surface area (Å²) < 4.78 is 18.7. The fraction of sp³-hybridized carbons (Fsp3) is 0.125. The van der Waals surface area contributed by atoms with Crippen molar-refractivity contribution in [2.24, 2.45) is 0 Å². The minimum atomic E-state index is -0.637. The first kappa shape index (κ1) is 14.5. The zero-order valence-electron chi connectivity index (χ0n) is 11.6. The van der Waals surface area contributed by atoms with Crippen molar-refractivity contribution in [3.05, 3.63) is 63.9 Å². The molecule has 0 saturated carbocycles. The fourth-order valence-corrected chi connectivity index (χ4v) is 2.77. The maximum atomic E-state index is 13.8. The van der Waals surface area contributed by atoms with E-state index in [0.29, 0.717) is 16.7 Å². The second-order valence-corrected chi connectivity index (χ2v) is 5.24. The summed E-state index contributed by atoms with van der Waals surface area (Å²) >= 11 is 5.93. The van der Waals surface area contributed by atoms with E-state index >= 15 is 0 Å². The van der Waals surface area contributed by atoms with Gasteiger partial charge in [-0.2, -0.15) is 0 Å². The third-order valence-corrected chi connectivity index (χ3v) is 3.76. The van der Waals surface area contributed by atoms with Crippen LogP contribution < -0.4 is 4.74 Å². The molecule has 22 heavy (non-hydrogen) atoms. The summed E-state index contributed by atoms with van der Waals surface area (Å²) in [6.45, 7) is -0.0486. The van der Waals surface area contributed by atoms with Gasteiger partial charge in [-0.1, -0.05) is 23.7 Å². The molecule has 0 bridgehead atoms. The first-order chi connectivity index (χ1) is 10.5. The van der Waals surface area contributed by atoms with Gasteiger partial charge in [-0.15, -0.1) is 0 Å². The molecular weight excluding hydrogens is 309 g/mol. The zero-order chi connectivity index (χ0) is 15.9. The van der Waals surface area contributed by atoms with Crippen LogP contribution in [0.25, 0.3) is 0 Å². The average molecular weight is 320 g/mol. The first-order valence-corrected chi connectivity index (χ1v) is 6.88. The number of carbonyl (C=O) groups is 2. The number of ether oxygens (including phenoxy) is 1. The van der Waals surface area contributed by atoms with Crippen molar-refractivity contribution in [1.82, 2.24) is 4.90 Å². The molecular formula is C16H11ClFNO3. The van der Waals surface area contributed by atoms with E-state index in [2.05, 4.69) is 0 Å². The van der Waals surface area contributed by atoms with Crippen molar-refractivity contribution >= 4 is 23.4 Å². The molecule has 1 aliphatic rings. The van der Waals surface area contributed by atoms with Crippen LogP contribution in [0.4, 0.5) is 4.39 Å². The number of hydrogen-bond donors (Lipinski definition) is 0. The predicted octanol–water partition coefficient (Wildman–Crippen LogP) is 3.28. The Morgan fingerprint density at radius 1 is 1.14 bits per heavy atom. The van der Waals surface area contributed by atoms with Gasteiger partial charge >= 0.3 is 0 Å². The number of imide groups is 1. The Kier molecular flexibility index (Phi) is 3.58. The molecule has 0 saturated heterocycles. The SMILES string of the molecule is COc1c(F)cc(CN2C(=O)c3ccccc3C2=O)cc1Cl. The number of carbonyl (C=O) groups excluding carboxylic acids is 2. The molecule has 2 aromatic carbocycles. The second kappa shape index (κ2) is 5.42. The van der Waals surface area contributed by atoms with Crippen molar-refractivity contribution in [3.8, 4) is 5.75 Å². The number of methoxy groups -OCH3 is 1. The molecule has 0 fully saturated rings.